The van der Waals surface area contributed by atoms with Crippen LogP contribution in [0.15, 0.2) is 24.3 Å². The molecule has 2 rings (SSSR count). The average Bonchev–Trinajstić information content (AvgIpc) is 2.41. The number of rotatable bonds is 4. The first-order valence-electron chi connectivity index (χ1n) is 7.83. The Morgan fingerprint density at radius 1 is 1.10 bits per heavy atom. The first kappa shape index (κ1) is 15.7. The van der Waals surface area contributed by atoms with Crippen molar-refractivity contribution < 1.29 is 0 Å². The van der Waals surface area contributed by atoms with Crippen molar-refractivity contribution in [3.63, 3.8) is 0 Å². The molecule has 0 radical (unpaired) electrons. The zero-order valence-electron chi connectivity index (χ0n) is 13.8. The van der Waals surface area contributed by atoms with Crippen molar-refractivity contribution in [2.24, 2.45) is 0 Å². The van der Waals surface area contributed by atoms with Crippen molar-refractivity contribution in [2.75, 3.05) is 20.1 Å². The molecule has 1 aliphatic rings. The second-order valence-corrected chi connectivity index (χ2v) is 12.6. The molecule has 0 amide bonds. The van der Waals surface area contributed by atoms with Crippen LogP contribution in [0.4, 0.5) is 0 Å². The van der Waals surface area contributed by atoms with Crippen LogP contribution in [-0.2, 0) is 6.54 Å². The Bertz CT molecular complexity index is 425. The maximum Gasteiger partial charge on any atom is 0.0775 e. The summed E-state index contributed by atoms with van der Waals surface area (Å²) in [6, 6.07) is 9.37. The van der Waals surface area contributed by atoms with Gasteiger partial charge in [0.15, 0.2) is 0 Å². The van der Waals surface area contributed by atoms with Gasteiger partial charge in [-0.15, -0.1) is 0 Å². The highest BCUT2D eigenvalue weighted by Gasteiger charge is 2.28. The molecule has 20 heavy (non-hydrogen) atoms. The van der Waals surface area contributed by atoms with Crippen LogP contribution in [0.2, 0.25) is 19.6 Å². The lowest BCUT2D eigenvalue weighted by Crippen LogP contribution is -2.49. The second-order valence-electron chi connectivity index (χ2n) is 7.53. The van der Waals surface area contributed by atoms with Crippen LogP contribution in [0, 0.1) is 0 Å². The highest BCUT2D eigenvalue weighted by atomic mass is 28.3. The van der Waals surface area contributed by atoms with Crippen molar-refractivity contribution in [3.8, 4) is 0 Å². The van der Waals surface area contributed by atoms with E-state index in [1.807, 2.05) is 0 Å². The normalized spacial score (nSPS) is 20.1. The van der Waals surface area contributed by atoms with E-state index in [0.29, 0.717) is 5.54 Å². The number of likely N-dealkylation sites (tertiary alicyclic amines) is 1. The predicted octanol–water partition coefficient (Wildman–Crippen LogP) is 2.81. The summed E-state index contributed by atoms with van der Waals surface area (Å²) in [6.07, 6.45) is 2.49. The molecule has 1 aromatic carbocycles. The van der Waals surface area contributed by atoms with Gasteiger partial charge >= 0.3 is 0 Å². The third-order valence-corrected chi connectivity index (χ3v) is 6.85. The highest BCUT2D eigenvalue weighted by Crippen LogP contribution is 2.22. The Balaban J connectivity index is 1.92. The molecule has 112 valence electrons. The summed E-state index contributed by atoms with van der Waals surface area (Å²) in [5, 5.41) is 5.02. The number of nitrogens with one attached hydrogen (secondary N) is 1. The number of hydrogen-bond donors (Lipinski definition) is 1. The number of nitrogens with zero attached hydrogens (tertiary/aromatic N) is 1. The van der Waals surface area contributed by atoms with Gasteiger partial charge in [-0.05, 0) is 32.4 Å². The molecule has 1 N–H and O–H groups in total. The first-order chi connectivity index (χ1) is 9.32. The summed E-state index contributed by atoms with van der Waals surface area (Å²) in [7, 11) is 0.934. The quantitative estimate of drug-likeness (QED) is 0.858. The first-order valence-corrected chi connectivity index (χ1v) is 11.3. The van der Waals surface area contributed by atoms with Gasteiger partial charge in [0.1, 0.15) is 0 Å². The SMILES string of the molecule is CNC1(C)CCN(Cc2ccc([Si](C)(C)C)cc2)CC1. The monoisotopic (exact) mass is 290 g/mol. The zero-order valence-corrected chi connectivity index (χ0v) is 14.8. The third-order valence-electron chi connectivity index (χ3n) is 4.79. The Kier molecular flexibility index (Phi) is 4.72. The largest absolute Gasteiger partial charge is 0.314 e. The maximum absolute atomic E-state index is 3.47. The second kappa shape index (κ2) is 6.00. The lowest BCUT2D eigenvalue weighted by molar-refractivity contribution is 0.146. The van der Waals surface area contributed by atoms with Gasteiger partial charge in [0.25, 0.3) is 0 Å². The summed E-state index contributed by atoms with van der Waals surface area (Å²) in [4.78, 5) is 2.59. The van der Waals surface area contributed by atoms with Gasteiger partial charge in [0, 0.05) is 25.2 Å². The average molecular weight is 291 g/mol. The summed E-state index contributed by atoms with van der Waals surface area (Å²) >= 11 is 0. The molecule has 0 aromatic heterocycles. The van der Waals surface area contributed by atoms with Gasteiger partial charge < -0.3 is 5.32 Å². The van der Waals surface area contributed by atoms with E-state index in [4.69, 9.17) is 0 Å². The van der Waals surface area contributed by atoms with E-state index in [1.165, 1.54) is 31.5 Å². The smallest absolute Gasteiger partial charge is 0.0775 e. The molecular weight excluding hydrogens is 260 g/mol. The Morgan fingerprint density at radius 3 is 2.10 bits per heavy atom. The Labute approximate surface area is 125 Å². The molecule has 0 bridgehead atoms. The molecule has 1 saturated heterocycles. The molecule has 1 heterocycles. The fourth-order valence-corrected chi connectivity index (χ4v) is 3.99. The van der Waals surface area contributed by atoms with Crippen LogP contribution in [0.1, 0.15) is 25.3 Å². The minimum Gasteiger partial charge on any atom is -0.314 e. The molecule has 1 aromatic rings. The minimum absolute atomic E-state index is 0.345. The van der Waals surface area contributed by atoms with E-state index in [-0.39, 0.29) is 0 Å². The van der Waals surface area contributed by atoms with Crippen LogP contribution in [0.3, 0.4) is 0 Å². The molecule has 0 aliphatic carbocycles. The molecule has 1 fully saturated rings. The van der Waals surface area contributed by atoms with Crippen LogP contribution >= 0.6 is 0 Å². The van der Waals surface area contributed by atoms with E-state index >= 15 is 0 Å². The summed E-state index contributed by atoms with van der Waals surface area (Å²) in [5.41, 5.74) is 1.80. The fourth-order valence-electron chi connectivity index (χ4n) is 2.82. The Hall–Kier alpha value is -0.643. The fraction of sp³-hybridized carbons (Fsp3) is 0.647. The summed E-state index contributed by atoms with van der Waals surface area (Å²) in [6.45, 7) is 13.1. The standard InChI is InChI=1S/C17H30N2Si/c1-17(18-2)10-12-19(13-11-17)14-15-6-8-16(9-7-15)20(3,4)5/h6-9,18H,10-14H2,1-5H3. The van der Waals surface area contributed by atoms with Crippen molar-refractivity contribution in [1.82, 2.24) is 10.2 Å². The van der Waals surface area contributed by atoms with Gasteiger partial charge in [-0.2, -0.15) is 0 Å². The molecular formula is C17H30N2Si. The van der Waals surface area contributed by atoms with Gasteiger partial charge in [-0.3, -0.25) is 4.90 Å². The van der Waals surface area contributed by atoms with E-state index in [2.05, 4.69) is 68.1 Å². The van der Waals surface area contributed by atoms with Crippen molar-refractivity contribution >= 4 is 13.3 Å². The van der Waals surface area contributed by atoms with Crippen LogP contribution in [0.5, 0.6) is 0 Å². The summed E-state index contributed by atoms with van der Waals surface area (Å²) in [5.74, 6) is 0. The van der Waals surface area contributed by atoms with Crippen LogP contribution < -0.4 is 10.5 Å². The maximum atomic E-state index is 3.47. The third kappa shape index (κ3) is 3.93. The molecule has 0 unspecified atom stereocenters. The molecule has 0 saturated carbocycles. The molecule has 0 atom stereocenters. The minimum atomic E-state index is -1.15. The molecule has 0 spiro atoms. The van der Waals surface area contributed by atoms with E-state index in [1.54, 1.807) is 5.19 Å². The van der Waals surface area contributed by atoms with E-state index in [0.717, 1.165) is 6.54 Å². The van der Waals surface area contributed by atoms with Gasteiger partial charge in [-0.1, -0.05) is 49.1 Å². The summed E-state index contributed by atoms with van der Waals surface area (Å²) < 4.78 is 0. The lowest BCUT2D eigenvalue weighted by atomic mass is 9.90. The van der Waals surface area contributed by atoms with Crippen molar-refractivity contribution in [3.05, 3.63) is 29.8 Å². The zero-order chi connectivity index (χ0) is 14.8. The number of benzene rings is 1. The molecule has 3 heteroatoms. The van der Waals surface area contributed by atoms with Gasteiger partial charge in [0.05, 0.1) is 8.07 Å². The van der Waals surface area contributed by atoms with E-state index < -0.39 is 8.07 Å². The Morgan fingerprint density at radius 2 is 1.65 bits per heavy atom. The highest BCUT2D eigenvalue weighted by molar-refractivity contribution is 6.88. The van der Waals surface area contributed by atoms with Gasteiger partial charge in [0.2, 0.25) is 0 Å². The van der Waals surface area contributed by atoms with Crippen molar-refractivity contribution in [2.45, 2.75) is 51.5 Å². The van der Waals surface area contributed by atoms with Gasteiger partial charge in [-0.25, -0.2) is 0 Å². The number of piperidine rings is 1. The van der Waals surface area contributed by atoms with E-state index in [9.17, 15) is 0 Å². The van der Waals surface area contributed by atoms with Crippen LogP contribution in [0.25, 0.3) is 0 Å². The molecule has 2 nitrogen and oxygen atoms in total. The van der Waals surface area contributed by atoms with Crippen molar-refractivity contribution in [1.29, 1.82) is 0 Å². The number of hydrogen-bond acceptors (Lipinski definition) is 2. The predicted molar refractivity (Wildman–Crippen MR) is 91.4 cm³/mol. The topological polar surface area (TPSA) is 15.3 Å². The van der Waals surface area contributed by atoms with Crippen LogP contribution in [-0.4, -0.2) is 38.6 Å². The molecule has 1 aliphatic heterocycles. The lowest BCUT2D eigenvalue weighted by Gasteiger charge is -2.39.